The molecule has 128 valence electrons. The van der Waals surface area contributed by atoms with Gasteiger partial charge in [0.1, 0.15) is 17.2 Å². The first kappa shape index (κ1) is 16.8. The quantitative estimate of drug-likeness (QED) is 0.727. The molecule has 1 aliphatic heterocycles. The van der Waals surface area contributed by atoms with Crippen LogP contribution in [0, 0.1) is 5.92 Å². The molecule has 0 radical (unpaired) electrons. The Kier molecular flexibility index (Phi) is 5.69. The maximum absolute atomic E-state index is 9.77. The van der Waals surface area contributed by atoms with Crippen molar-refractivity contribution in [3.05, 3.63) is 54.1 Å². The maximum atomic E-state index is 9.77. The normalized spacial score (nSPS) is 20.1. The van der Waals surface area contributed by atoms with Crippen LogP contribution in [0.15, 0.2) is 48.5 Å². The topological polar surface area (TPSA) is 62.8 Å². The Bertz CT molecular complexity index is 628. The fourth-order valence-electron chi connectivity index (χ4n) is 2.78. The van der Waals surface area contributed by atoms with Gasteiger partial charge in [0.2, 0.25) is 0 Å². The summed E-state index contributed by atoms with van der Waals surface area (Å²) in [6.07, 6.45) is -0.238. The zero-order valence-electron chi connectivity index (χ0n) is 13.9. The molecule has 0 saturated carbocycles. The molecule has 1 saturated heterocycles. The summed E-state index contributed by atoms with van der Waals surface area (Å²) >= 11 is 0. The van der Waals surface area contributed by atoms with Gasteiger partial charge in [0.25, 0.3) is 0 Å². The Morgan fingerprint density at radius 3 is 2.21 bits per heavy atom. The van der Waals surface area contributed by atoms with Gasteiger partial charge in [0, 0.05) is 32.1 Å². The van der Waals surface area contributed by atoms with Gasteiger partial charge in [0.05, 0.1) is 13.2 Å². The Morgan fingerprint density at radius 2 is 1.62 bits per heavy atom. The molecule has 5 heteroatoms. The Labute approximate surface area is 142 Å². The van der Waals surface area contributed by atoms with Crippen LogP contribution in [0.4, 0.5) is 0 Å². The van der Waals surface area contributed by atoms with Crippen LogP contribution in [0.5, 0.6) is 17.2 Å². The van der Waals surface area contributed by atoms with Crippen LogP contribution < -0.4 is 20.1 Å². The smallest absolute Gasteiger partial charge is 0.127 e. The summed E-state index contributed by atoms with van der Waals surface area (Å²) in [6, 6.07) is 15.6. The summed E-state index contributed by atoms with van der Waals surface area (Å²) in [5.74, 6) is 2.69. The Hall–Kier alpha value is -2.08. The van der Waals surface area contributed by atoms with Gasteiger partial charge >= 0.3 is 0 Å². The van der Waals surface area contributed by atoms with E-state index in [1.807, 2.05) is 36.4 Å². The lowest BCUT2D eigenvalue weighted by Gasteiger charge is -2.14. The van der Waals surface area contributed by atoms with E-state index < -0.39 is 0 Å². The molecular formula is C19H24N2O3. The van der Waals surface area contributed by atoms with Crippen LogP contribution in [0.25, 0.3) is 0 Å². The molecule has 2 atom stereocenters. The number of benzene rings is 2. The SMILES string of the molecule is COc1ccc(Oc2ccc(CNCC3CNCC3O)cc2)cc1. The number of rotatable bonds is 7. The zero-order chi connectivity index (χ0) is 16.8. The van der Waals surface area contributed by atoms with E-state index >= 15 is 0 Å². The van der Waals surface area contributed by atoms with Crippen molar-refractivity contribution in [1.29, 1.82) is 0 Å². The number of hydrogen-bond acceptors (Lipinski definition) is 5. The Balaban J connectivity index is 1.47. The average Bonchev–Trinajstić information content (AvgIpc) is 3.02. The number of aliphatic hydroxyl groups is 1. The number of ether oxygens (including phenoxy) is 2. The summed E-state index contributed by atoms with van der Waals surface area (Å²) in [7, 11) is 1.65. The Morgan fingerprint density at radius 1 is 1.00 bits per heavy atom. The van der Waals surface area contributed by atoms with E-state index in [0.29, 0.717) is 12.5 Å². The van der Waals surface area contributed by atoms with Crippen molar-refractivity contribution >= 4 is 0 Å². The molecule has 3 N–H and O–H groups in total. The molecule has 1 heterocycles. The molecule has 2 unspecified atom stereocenters. The molecular weight excluding hydrogens is 304 g/mol. The molecule has 0 amide bonds. The average molecular weight is 328 g/mol. The summed E-state index contributed by atoms with van der Waals surface area (Å²) in [5.41, 5.74) is 1.19. The fraction of sp³-hybridized carbons (Fsp3) is 0.368. The summed E-state index contributed by atoms with van der Waals surface area (Å²) < 4.78 is 10.9. The molecule has 24 heavy (non-hydrogen) atoms. The van der Waals surface area contributed by atoms with Crippen molar-refractivity contribution in [2.24, 2.45) is 5.92 Å². The van der Waals surface area contributed by atoms with Gasteiger partial charge in [-0.15, -0.1) is 0 Å². The number of methoxy groups -OCH3 is 1. The highest BCUT2D eigenvalue weighted by Gasteiger charge is 2.23. The second kappa shape index (κ2) is 8.15. The van der Waals surface area contributed by atoms with E-state index in [4.69, 9.17) is 9.47 Å². The van der Waals surface area contributed by atoms with E-state index in [2.05, 4.69) is 22.8 Å². The third kappa shape index (κ3) is 4.47. The second-order valence-electron chi connectivity index (χ2n) is 6.04. The second-order valence-corrected chi connectivity index (χ2v) is 6.04. The third-order valence-corrected chi connectivity index (χ3v) is 4.26. The van der Waals surface area contributed by atoms with E-state index in [9.17, 15) is 5.11 Å². The molecule has 0 spiro atoms. The van der Waals surface area contributed by atoms with E-state index in [-0.39, 0.29) is 6.10 Å². The first-order chi connectivity index (χ1) is 11.7. The fourth-order valence-corrected chi connectivity index (χ4v) is 2.78. The van der Waals surface area contributed by atoms with Gasteiger partial charge in [-0.2, -0.15) is 0 Å². The minimum Gasteiger partial charge on any atom is -0.497 e. The van der Waals surface area contributed by atoms with E-state index in [0.717, 1.165) is 36.9 Å². The van der Waals surface area contributed by atoms with Crippen LogP contribution in [0.1, 0.15) is 5.56 Å². The van der Waals surface area contributed by atoms with E-state index in [1.54, 1.807) is 7.11 Å². The first-order valence-electron chi connectivity index (χ1n) is 8.25. The maximum Gasteiger partial charge on any atom is 0.127 e. The summed E-state index contributed by atoms with van der Waals surface area (Å²) in [4.78, 5) is 0. The number of β-amino-alcohol motifs (C(OH)–C–C–N with tert-alkyl or cyclic N) is 1. The molecule has 0 aliphatic carbocycles. The van der Waals surface area contributed by atoms with Crippen molar-refractivity contribution in [1.82, 2.24) is 10.6 Å². The number of hydrogen-bond donors (Lipinski definition) is 3. The minimum absolute atomic E-state index is 0.238. The van der Waals surface area contributed by atoms with Crippen molar-refractivity contribution in [3.63, 3.8) is 0 Å². The standard InChI is InChI=1S/C19H24N2O3/c1-23-16-6-8-18(9-7-16)24-17-4-2-14(3-5-17)10-20-11-15-12-21-13-19(15)22/h2-9,15,19-22H,10-13H2,1H3. The van der Waals surface area contributed by atoms with Crippen LogP contribution >= 0.6 is 0 Å². The minimum atomic E-state index is -0.238. The lowest BCUT2D eigenvalue weighted by molar-refractivity contribution is 0.146. The van der Waals surface area contributed by atoms with Crippen LogP contribution in [-0.4, -0.2) is 38.0 Å². The number of aliphatic hydroxyl groups excluding tert-OH is 1. The largest absolute Gasteiger partial charge is 0.497 e. The monoisotopic (exact) mass is 328 g/mol. The molecule has 2 aromatic rings. The first-order valence-corrected chi connectivity index (χ1v) is 8.25. The lowest BCUT2D eigenvalue weighted by atomic mass is 10.1. The van der Waals surface area contributed by atoms with Crippen molar-refractivity contribution in [2.45, 2.75) is 12.6 Å². The predicted molar refractivity (Wildman–Crippen MR) is 93.6 cm³/mol. The van der Waals surface area contributed by atoms with Gasteiger partial charge in [-0.25, -0.2) is 0 Å². The third-order valence-electron chi connectivity index (χ3n) is 4.26. The molecule has 0 aromatic heterocycles. The van der Waals surface area contributed by atoms with Gasteiger partial charge in [-0.1, -0.05) is 12.1 Å². The molecule has 3 rings (SSSR count). The number of nitrogens with one attached hydrogen (secondary N) is 2. The van der Waals surface area contributed by atoms with Crippen LogP contribution in [0.3, 0.4) is 0 Å². The van der Waals surface area contributed by atoms with Gasteiger partial charge < -0.3 is 25.2 Å². The van der Waals surface area contributed by atoms with Crippen LogP contribution in [-0.2, 0) is 6.54 Å². The van der Waals surface area contributed by atoms with Gasteiger partial charge in [-0.05, 0) is 42.0 Å². The van der Waals surface area contributed by atoms with Gasteiger partial charge in [-0.3, -0.25) is 0 Å². The van der Waals surface area contributed by atoms with Crippen molar-refractivity contribution < 1.29 is 14.6 Å². The van der Waals surface area contributed by atoms with Crippen molar-refractivity contribution in [3.8, 4) is 17.2 Å². The summed E-state index contributed by atoms with van der Waals surface area (Å²) in [5, 5.41) is 16.4. The van der Waals surface area contributed by atoms with Gasteiger partial charge in [0.15, 0.2) is 0 Å². The van der Waals surface area contributed by atoms with Crippen molar-refractivity contribution in [2.75, 3.05) is 26.7 Å². The highest BCUT2D eigenvalue weighted by atomic mass is 16.5. The summed E-state index contributed by atoms with van der Waals surface area (Å²) in [6.45, 7) is 3.18. The van der Waals surface area contributed by atoms with Crippen LogP contribution in [0.2, 0.25) is 0 Å². The molecule has 0 bridgehead atoms. The highest BCUT2D eigenvalue weighted by molar-refractivity contribution is 5.36. The molecule has 2 aromatic carbocycles. The van der Waals surface area contributed by atoms with E-state index in [1.165, 1.54) is 5.56 Å². The molecule has 1 fully saturated rings. The predicted octanol–water partition coefficient (Wildman–Crippen LogP) is 2.16. The molecule has 5 nitrogen and oxygen atoms in total. The molecule has 1 aliphatic rings. The highest BCUT2D eigenvalue weighted by Crippen LogP contribution is 2.24. The lowest BCUT2D eigenvalue weighted by Crippen LogP contribution is -2.30. The zero-order valence-corrected chi connectivity index (χ0v) is 13.9.